The van der Waals surface area contributed by atoms with Gasteiger partial charge in [-0.2, -0.15) is 0 Å². The van der Waals surface area contributed by atoms with E-state index in [9.17, 15) is 8.78 Å². The van der Waals surface area contributed by atoms with Crippen LogP contribution in [0.15, 0.2) is 42.5 Å². The monoisotopic (exact) mass is 263 g/mol. The number of nitrogens with two attached hydrogens (primary N) is 1. The summed E-state index contributed by atoms with van der Waals surface area (Å²) >= 11 is 0. The summed E-state index contributed by atoms with van der Waals surface area (Å²) in [5.74, 6) is -1.05. The second-order valence-corrected chi connectivity index (χ2v) is 4.30. The lowest BCUT2D eigenvalue weighted by molar-refractivity contribution is 0.307. The zero-order chi connectivity index (χ0) is 13.7. The third-order valence-electron chi connectivity index (χ3n) is 2.67. The smallest absolute Gasteiger partial charge is 0.129 e. The fourth-order valence-electron chi connectivity index (χ4n) is 1.83. The molecular weight excluding hydrogens is 248 g/mol. The van der Waals surface area contributed by atoms with Crippen molar-refractivity contribution in [1.29, 1.82) is 0 Å². The van der Waals surface area contributed by atoms with Gasteiger partial charge in [0.25, 0.3) is 0 Å². The first kappa shape index (κ1) is 13.3. The molecule has 0 bridgehead atoms. The van der Waals surface area contributed by atoms with E-state index >= 15 is 0 Å². The highest BCUT2D eigenvalue weighted by Crippen LogP contribution is 2.16. The van der Waals surface area contributed by atoms with Gasteiger partial charge in [0.05, 0.1) is 6.61 Å². The Bertz CT molecular complexity index is 537. The minimum absolute atomic E-state index is 0.213. The SMILES string of the molecule is Nc1cccc(CCCOc2cc(F)cc(F)c2)c1. The van der Waals surface area contributed by atoms with Crippen LogP contribution in [0.3, 0.4) is 0 Å². The van der Waals surface area contributed by atoms with Crippen LogP contribution in [0.2, 0.25) is 0 Å². The second-order valence-electron chi connectivity index (χ2n) is 4.30. The molecule has 0 fully saturated rings. The van der Waals surface area contributed by atoms with Crippen LogP contribution in [-0.2, 0) is 6.42 Å². The fourth-order valence-corrected chi connectivity index (χ4v) is 1.83. The van der Waals surface area contributed by atoms with E-state index in [-0.39, 0.29) is 5.75 Å². The minimum atomic E-state index is -0.633. The summed E-state index contributed by atoms with van der Waals surface area (Å²) in [6.45, 7) is 0.400. The molecule has 0 aliphatic carbocycles. The molecule has 2 N–H and O–H groups in total. The molecule has 2 rings (SSSR count). The molecule has 0 unspecified atom stereocenters. The molecule has 0 radical (unpaired) electrons. The van der Waals surface area contributed by atoms with Crippen molar-refractivity contribution in [3.8, 4) is 5.75 Å². The molecule has 2 aromatic rings. The molecule has 0 aromatic heterocycles. The number of hydrogen-bond donors (Lipinski definition) is 1. The maximum atomic E-state index is 12.9. The zero-order valence-electron chi connectivity index (χ0n) is 10.4. The normalized spacial score (nSPS) is 10.4. The van der Waals surface area contributed by atoms with Crippen LogP contribution in [-0.4, -0.2) is 6.61 Å². The molecule has 0 aliphatic rings. The van der Waals surface area contributed by atoms with Crippen molar-refractivity contribution in [2.24, 2.45) is 0 Å². The van der Waals surface area contributed by atoms with E-state index in [0.29, 0.717) is 6.61 Å². The maximum Gasteiger partial charge on any atom is 0.129 e. The molecule has 100 valence electrons. The fraction of sp³-hybridized carbons (Fsp3) is 0.200. The summed E-state index contributed by atoms with van der Waals surface area (Å²) in [6, 6.07) is 10.8. The van der Waals surface area contributed by atoms with Crippen molar-refractivity contribution in [3.63, 3.8) is 0 Å². The average molecular weight is 263 g/mol. The largest absolute Gasteiger partial charge is 0.493 e. The van der Waals surface area contributed by atoms with Gasteiger partial charge in [0, 0.05) is 23.9 Å². The Balaban J connectivity index is 1.80. The van der Waals surface area contributed by atoms with Crippen molar-refractivity contribution in [2.75, 3.05) is 12.3 Å². The second kappa shape index (κ2) is 6.18. The molecule has 0 spiro atoms. The maximum absolute atomic E-state index is 12.9. The Morgan fingerprint density at radius 3 is 2.42 bits per heavy atom. The Morgan fingerprint density at radius 2 is 1.74 bits per heavy atom. The number of aryl methyl sites for hydroxylation is 1. The highest BCUT2D eigenvalue weighted by molar-refractivity contribution is 5.40. The van der Waals surface area contributed by atoms with Crippen molar-refractivity contribution in [3.05, 3.63) is 59.7 Å². The minimum Gasteiger partial charge on any atom is -0.493 e. The summed E-state index contributed by atoms with van der Waals surface area (Å²) in [5.41, 5.74) is 7.52. The zero-order valence-corrected chi connectivity index (χ0v) is 10.4. The standard InChI is InChI=1S/C15H15F2NO/c16-12-8-13(17)10-15(9-12)19-6-2-4-11-3-1-5-14(18)7-11/h1,3,5,7-10H,2,4,6,18H2. The summed E-state index contributed by atoms with van der Waals surface area (Å²) in [6.07, 6.45) is 1.56. The van der Waals surface area contributed by atoms with Gasteiger partial charge in [0.15, 0.2) is 0 Å². The first-order valence-electron chi connectivity index (χ1n) is 6.07. The molecule has 0 saturated carbocycles. The van der Waals surface area contributed by atoms with Crippen molar-refractivity contribution in [1.82, 2.24) is 0 Å². The predicted molar refractivity (Wildman–Crippen MR) is 71.0 cm³/mol. The van der Waals surface area contributed by atoms with Crippen LogP contribution in [0.4, 0.5) is 14.5 Å². The first-order valence-corrected chi connectivity index (χ1v) is 6.07. The third-order valence-corrected chi connectivity index (χ3v) is 2.67. The molecule has 0 atom stereocenters. The van der Waals surface area contributed by atoms with Crippen molar-refractivity contribution < 1.29 is 13.5 Å². The average Bonchev–Trinajstić information content (AvgIpc) is 2.34. The number of nitrogen functional groups attached to an aromatic ring is 1. The highest BCUT2D eigenvalue weighted by Gasteiger charge is 2.01. The van der Waals surface area contributed by atoms with E-state index in [1.807, 2.05) is 24.3 Å². The third kappa shape index (κ3) is 4.25. The molecule has 0 heterocycles. The number of hydrogen-bond acceptors (Lipinski definition) is 2. The Kier molecular flexibility index (Phi) is 4.34. The number of halogens is 2. The molecule has 0 aliphatic heterocycles. The van der Waals surface area contributed by atoms with Gasteiger partial charge in [-0.15, -0.1) is 0 Å². The van der Waals surface area contributed by atoms with Gasteiger partial charge in [-0.25, -0.2) is 8.78 Å². The van der Waals surface area contributed by atoms with Crippen molar-refractivity contribution in [2.45, 2.75) is 12.8 Å². The van der Waals surface area contributed by atoms with E-state index in [1.54, 1.807) is 0 Å². The molecule has 2 nitrogen and oxygen atoms in total. The van der Waals surface area contributed by atoms with Crippen LogP contribution < -0.4 is 10.5 Å². The van der Waals surface area contributed by atoms with Gasteiger partial charge >= 0.3 is 0 Å². The lowest BCUT2D eigenvalue weighted by atomic mass is 10.1. The van der Waals surface area contributed by atoms with Gasteiger partial charge in [0.1, 0.15) is 17.4 Å². The van der Waals surface area contributed by atoms with Gasteiger partial charge in [-0.05, 0) is 30.5 Å². The summed E-state index contributed by atoms with van der Waals surface area (Å²) in [4.78, 5) is 0. The molecule has 2 aromatic carbocycles. The van der Waals surface area contributed by atoms with Crippen LogP contribution in [0.5, 0.6) is 5.75 Å². The highest BCUT2D eigenvalue weighted by atomic mass is 19.1. The molecule has 19 heavy (non-hydrogen) atoms. The van der Waals surface area contributed by atoms with E-state index in [4.69, 9.17) is 10.5 Å². The topological polar surface area (TPSA) is 35.2 Å². The number of benzene rings is 2. The molecule has 0 saturated heterocycles. The summed E-state index contributed by atoms with van der Waals surface area (Å²) < 4.78 is 31.1. The lowest BCUT2D eigenvalue weighted by Gasteiger charge is -2.07. The van der Waals surface area contributed by atoms with Crippen LogP contribution in [0.25, 0.3) is 0 Å². The van der Waals surface area contributed by atoms with Crippen LogP contribution in [0.1, 0.15) is 12.0 Å². The predicted octanol–water partition coefficient (Wildman–Crippen LogP) is 3.56. The number of rotatable bonds is 5. The van der Waals surface area contributed by atoms with E-state index in [1.165, 1.54) is 12.1 Å². The van der Waals surface area contributed by atoms with Crippen molar-refractivity contribution >= 4 is 5.69 Å². The molecule has 0 amide bonds. The van der Waals surface area contributed by atoms with Gasteiger partial charge in [-0.1, -0.05) is 12.1 Å². The number of ether oxygens (including phenoxy) is 1. The Morgan fingerprint density at radius 1 is 1.00 bits per heavy atom. The quantitative estimate of drug-likeness (QED) is 0.661. The van der Waals surface area contributed by atoms with E-state index < -0.39 is 11.6 Å². The summed E-state index contributed by atoms with van der Waals surface area (Å²) in [5, 5.41) is 0. The Hall–Kier alpha value is -2.10. The number of anilines is 1. The van der Waals surface area contributed by atoms with E-state index in [2.05, 4.69) is 0 Å². The first-order chi connectivity index (χ1) is 9.13. The van der Waals surface area contributed by atoms with Gasteiger partial charge in [-0.3, -0.25) is 0 Å². The lowest BCUT2D eigenvalue weighted by Crippen LogP contribution is -2.00. The van der Waals surface area contributed by atoms with Crippen LogP contribution in [0, 0.1) is 11.6 Å². The Labute approximate surface area is 110 Å². The van der Waals surface area contributed by atoms with Gasteiger partial charge in [0.2, 0.25) is 0 Å². The van der Waals surface area contributed by atoms with Crippen LogP contribution >= 0.6 is 0 Å². The van der Waals surface area contributed by atoms with Gasteiger partial charge < -0.3 is 10.5 Å². The molecule has 4 heteroatoms. The summed E-state index contributed by atoms with van der Waals surface area (Å²) in [7, 11) is 0. The van der Waals surface area contributed by atoms with E-state index in [0.717, 1.165) is 30.2 Å². The molecular formula is C15H15F2NO.